The molecule has 1 heterocycles. The number of ether oxygens (including phenoxy) is 6. The van der Waals surface area contributed by atoms with E-state index in [2.05, 4.69) is 10.0 Å². The molecule has 13 nitrogen and oxygen atoms in total. The largest absolute Gasteiger partial charge is 0.465 e. The van der Waals surface area contributed by atoms with Crippen molar-refractivity contribution in [3.8, 4) is 0 Å². The number of carbonyl (C=O) groups is 4. The van der Waals surface area contributed by atoms with Crippen LogP contribution >= 0.6 is 0 Å². The van der Waals surface area contributed by atoms with Gasteiger partial charge >= 0.3 is 23.9 Å². The smallest absolute Gasteiger partial charge is 0.366 e. The average molecular weight is 431 g/mol. The van der Waals surface area contributed by atoms with Crippen LogP contribution in [0.1, 0.15) is 33.6 Å². The van der Waals surface area contributed by atoms with E-state index in [1.807, 2.05) is 0 Å². The molecule has 1 rings (SSSR count). The quantitative estimate of drug-likeness (QED) is 0.167. The van der Waals surface area contributed by atoms with Crippen LogP contribution in [0, 0.1) is 0 Å². The first-order chi connectivity index (χ1) is 14.1. The van der Waals surface area contributed by atoms with Gasteiger partial charge in [0.1, 0.15) is 24.9 Å². The van der Waals surface area contributed by atoms with E-state index in [0.717, 1.165) is 21.0 Å². The lowest BCUT2D eigenvalue weighted by Crippen LogP contribution is -2.60. The van der Waals surface area contributed by atoms with Gasteiger partial charge < -0.3 is 28.4 Å². The van der Waals surface area contributed by atoms with Crippen molar-refractivity contribution in [2.45, 2.75) is 63.8 Å². The van der Waals surface area contributed by atoms with Crippen LogP contribution in [0.25, 0.3) is 10.4 Å². The van der Waals surface area contributed by atoms with Gasteiger partial charge in [0, 0.05) is 39.2 Å². The lowest BCUT2D eigenvalue weighted by Gasteiger charge is -2.44. The second kappa shape index (κ2) is 11.3. The molecule has 0 bridgehead atoms. The van der Waals surface area contributed by atoms with Gasteiger partial charge in [0.05, 0.1) is 19.6 Å². The van der Waals surface area contributed by atoms with Crippen molar-refractivity contribution in [3.05, 3.63) is 10.4 Å². The van der Waals surface area contributed by atoms with Crippen LogP contribution in [0.5, 0.6) is 0 Å². The number of rotatable bonds is 9. The molecule has 5 atom stereocenters. The first-order valence-corrected chi connectivity index (χ1v) is 8.91. The van der Waals surface area contributed by atoms with E-state index in [1.165, 1.54) is 14.0 Å². The highest BCUT2D eigenvalue weighted by molar-refractivity contribution is 5.78. The summed E-state index contributed by atoms with van der Waals surface area (Å²) in [7, 11) is 2.30. The van der Waals surface area contributed by atoms with Crippen molar-refractivity contribution in [1.82, 2.24) is 0 Å². The van der Waals surface area contributed by atoms with Crippen LogP contribution in [0.15, 0.2) is 5.11 Å². The molecule has 0 aromatic heterocycles. The standard InChI is InChI=1S/C17H25N3O10/c1-9(21)27-8-12(28-10(2)22)6-13-15(19-20-18)14(29-11(3)23)7-17(26-5,30-13)16(24)25-4/h12-15H,6-8H2,1-5H3/t12-,13-,14-,15-,17-/m0/s1. The van der Waals surface area contributed by atoms with Crippen LogP contribution in [0.3, 0.4) is 0 Å². The van der Waals surface area contributed by atoms with E-state index in [0.29, 0.717) is 0 Å². The van der Waals surface area contributed by atoms with Crippen LogP contribution in [0.4, 0.5) is 0 Å². The minimum absolute atomic E-state index is 0.170. The molecular weight excluding hydrogens is 406 g/mol. The maximum absolute atomic E-state index is 12.4. The lowest BCUT2D eigenvalue weighted by atomic mass is 9.90. The van der Waals surface area contributed by atoms with Gasteiger partial charge in [-0.25, -0.2) is 4.79 Å². The van der Waals surface area contributed by atoms with E-state index < -0.39 is 54.0 Å². The fraction of sp³-hybridized carbons (Fsp3) is 0.765. The Bertz CT molecular complexity index is 708. The van der Waals surface area contributed by atoms with Gasteiger partial charge in [-0.15, -0.1) is 0 Å². The SMILES string of the molecule is COC(=O)[C@]1(OC)C[C@H](OC(C)=O)[C@@H](N=[N+]=[N-])[C@H](C[C@@H](COC(C)=O)OC(C)=O)O1. The number of hydrogen-bond donors (Lipinski definition) is 0. The summed E-state index contributed by atoms with van der Waals surface area (Å²) in [4.78, 5) is 49.3. The first-order valence-electron chi connectivity index (χ1n) is 8.91. The Balaban J connectivity index is 3.31. The zero-order valence-corrected chi connectivity index (χ0v) is 17.4. The molecule has 0 N–H and O–H groups in total. The van der Waals surface area contributed by atoms with Gasteiger partial charge in [0.25, 0.3) is 5.79 Å². The van der Waals surface area contributed by atoms with Crippen molar-refractivity contribution in [1.29, 1.82) is 0 Å². The Morgan fingerprint density at radius 3 is 2.30 bits per heavy atom. The van der Waals surface area contributed by atoms with Crippen molar-refractivity contribution in [2.75, 3.05) is 20.8 Å². The molecule has 0 unspecified atom stereocenters. The molecule has 0 radical (unpaired) electrons. The zero-order chi connectivity index (χ0) is 22.9. The van der Waals surface area contributed by atoms with E-state index in [-0.39, 0.29) is 19.4 Å². The summed E-state index contributed by atoms with van der Waals surface area (Å²) in [5, 5.41) is 3.63. The fourth-order valence-electron chi connectivity index (χ4n) is 3.06. The Morgan fingerprint density at radius 1 is 1.17 bits per heavy atom. The molecule has 1 aliphatic rings. The summed E-state index contributed by atoms with van der Waals surface area (Å²) < 4.78 is 31.0. The van der Waals surface area contributed by atoms with Gasteiger partial charge in [-0.05, 0) is 5.53 Å². The maximum atomic E-state index is 12.4. The summed E-state index contributed by atoms with van der Waals surface area (Å²) >= 11 is 0. The second-order valence-corrected chi connectivity index (χ2v) is 6.42. The molecule has 0 aromatic rings. The fourth-order valence-corrected chi connectivity index (χ4v) is 3.06. The summed E-state index contributed by atoms with van der Waals surface area (Å²) in [5.74, 6) is -4.84. The molecule has 1 fully saturated rings. The van der Waals surface area contributed by atoms with Crippen molar-refractivity contribution in [2.24, 2.45) is 5.11 Å². The van der Waals surface area contributed by atoms with Crippen LogP contribution in [0.2, 0.25) is 0 Å². The predicted octanol–water partition coefficient (Wildman–Crippen LogP) is 0.786. The van der Waals surface area contributed by atoms with Gasteiger partial charge in [-0.2, -0.15) is 0 Å². The molecule has 1 saturated heterocycles. The monoisotopic (exact) mass is 431 g/mol. The Kier molecular flexibility index (Phi) is 9.50. The summed E-state index contributed by atoms with van der Waals surface area (Å²) in [6.45, 7) is 3.17. The van der Waals surface area contributed by atoms with Gasteiger partial charge in [-0.1, -0.05) is 5.11 Å². The molecule has 1 aliphatic heterocycles. The molecule has 0 aromatic carbocycles. The second-order valence-electron chi connectivity index (χ2n) is 6.42. The number of azide groups is 1. The number of hydrogen-bond acceptors (Lipinski definition) is 11. The Hall–Kier alpha value is -2.89. The van der Waals surface area contributed by atoms with Gasteiger partial charge in [0.2, 0.25) is 0 Å². The minimum atomic E-state index is -1.97. The van der Waals surface area contributed by atoms with Crippen molar-refractivity contribution >= 4 is 23.9 Å². The first kappa shape index (κ1) is 25.1. The minimum Gasteiger partial charge on any atom is -0.465 e. The molecule has 30 heavy (non-hydrogen) atoms. The van der Waals surface area contributed by atoms with Gasteiger partial charge in [0.15, 0.2) is 0 Å². The van der Waals surface area contributed by atoms with E-state index >= 15 is 0 Å². The van der Waals surface area contributed by atoms with E-state index in [4.69, 9.17) is 34.0 Å². The van der Waals surface area contributed by atoms with Crippen LogP contribution < -0.4 is 0 Å². The molecule has 13 heteroatoms. The number of methoxy groups -OCH3 is 2. The summed E-state index contributed by atoms with van der Waals surface area (Å²) in [6.07, 6.45) is -3.72. The third-order valence-corrected chi connectivity index (χ3v) is 4.20. The Morgan fingerprint density at radius 2 is 1.83 bits per heavy atom. The highest BCUT2D eigenvalue weighted by atomic mass is 16.7. The topological polar surface area (TPSA) is 172 Å². The third kappa shape index (κ3) is 6.87. The molecule has 0 saturated carbocycles. The van der Waals surface area contributed by atoms with E-state index in [9.17, 15) is 19.2 Å². The highest BCUT2D eigenvalue weighted by Crippen LogP contribution is 2.36. The van der Waals surface area contributed by atoms with Crippen molar-refractivity contribution in [3.63, 3.8) is 0 Å². The van der Waals surface area contributed by atoms with Crippen LogP contribution in [-0.4, -0.2) is 74.8 Å². The summed E-state index contributed by atoms with van der Waals surface area (Å²) in [5.41, 5.74) is 8.97. The summed E-state index contributed by atoms with van der Waals surface area (Å²) in [6, 6.07) is -1.10. The molecule has 0 spiro atoms. The highest BCUT2D eigenvalue weighted by Gasteiger charge is 2.54. The third-order valence-electron chi connectivity index (χ3n) is 4.20. The normalized spacial score (nSPS) is 26.5. The Labute approximate surface area is 172 Å². The average Bonchev–Trinajstić information content (AvgIpc) is 2.66. The van der Waals surface area contributed by atoms with E-state index in [1.54, 1.807) is 0 Å². The van der Waals surface area contributed by atoms with Crippen molar-refractivity contribution < 1.29 is 47.6 Å². The lowest BCUT2D eigenvalue weighted by molar-refractivity contribution is -0.290. The predicted molar refractivity (Wildman–Crippen MR) is 96.5 cm³/mol. The maximum Gasteiger partial charge on any atom is 0.366 e. The molecule has 0 aliphatic carbocycles. The van der Waals surface area contributed by atoms with Gasteiger partial charge in [-0.3, -0.25) is 14.4 Å². The zero-order valence-electron chi connectivity index (χ0n) is 17.4. The molecule has 0 amide bonds. The van der Waals surface area contributed by atoms with Crippen LogP contribution in [-0.2, 0) is 47.6 Å². The number of carbonyl (C=O) groups excluding carboxylic acids is 4. The molecule has 168 valence electrons. The number of nitrogens with zero attached hydrogens (tertiary/aromatic N) is 3. The molecular formula is C17H25N3O10. The number of esters is 4.